The highest BCUT2D eigenvalue weighted by Gasteiger charge is 2.35. The Balaban J connectivity index is 1.60. The van der Waals surface area contributed by atoms with Crippen molar-refractivity contribution in [1.29, 1.82) is 0 Å². The van der Waals surface area contributed by atoms with Crippen molar-refractivity contribution in [3.05, 3.63) is 83.2 Å². The Labute approximate surface area is 199 Å². The molecule has 0 N–H and O–H groups in total. The minimum absolute atomic E-state index is 0.0495. The van der Waals surface area contributed by atoms with Gasteiger partial charge in [0, 0.05) is 17.8 Å². The molecule has 1 fully saturated rings. The third-order valence-corrected chi connectivity index (χ3v) is 6.68. The highest BCUT2D eigenvalue weighted by Crippen LogP contribution is 2.37. The molecule has 1 aromatic heterocycles. The van der Waals surface area contributed by atoms with Gasteiger partial charge in [0.2, 0.25) is 0 Å². The number of carbonyl (C=O) groups is 1. The summed E-state index contributed by atoms with van der Waals surface area (Å²) in [7, 11) is 3.31. The number of rotatable bonds is 5. The molecule has 4 aromatic rings. The monoisotopic (exact) mass is 455 g/mol. The van der Waals surface area contributed by atoms with E-state index in [9.17, 15) is 4.79 Å². The minimum atomic E-state index is -0.108. The van der Waals surface area contributed by atoms with E-state index in [1.807, 2.05) is 73.3 Å². The maximum atomic E-state index is 13.9. The lowest BCUT2D eigenvalue weighted by molar-refractivity contribution is 0.0727. The van der Waals surface area contributed by atoms with Crippen LogP contribution in [0.1, 0.15) is 46.2 Å². The molecule has 0 spiro atoms. The molecule has 174 valence electrons. The van der Waals surface area contributed by atoms with Crippen LogP contribution in [0.2, 0.25) is 0 Å². The van der Waals surface area contributed by atoms with E-state index in [2.05, 4.69) is 10.6 Å². The van der Waals surface area contributed by atoms with Gasteiger partial charge >= 0.3 is 0 Å². The van der Waals surface area contributed by atoms with Crippen molar-refractivity contribution < 1.29 is 14.3 Å². The van der Waals surface area contributed by atoms with Crippen LogP contribution in [0.5, 0.6) is 11.5 Å². The summed E-state index contributed by atoms with van der Waals surface area (Å²) in [5, 5.41) is 0. The Morgan fingerprint density at radius 1 is 0.941 bits per heavy atom. The largest absolute Gasteiger partial charge is 0.497 e. The number of hydrogen-bond acceptors (Lipinski definition) is 4. The van der Waals surface area contributed by atoms with Crippen LogP contribution in [0.15, 0.2) is 60.7 Å². The number of amides is 1. The third-order valence-electron chi connectivity index (χ3n) is 6.68. The van der Waals surface area contributed by atoms with Crippen molar-refractivity contribution in [2.45, 2.75) is 32.7 Å². The molecule has 0 radical (unpaired) electrons. The van der Waals surface area contributed by atoms with Gasteiger partial charge in [-0.05, 0) is 86.3 Å². The average Bonchev–Trinajstić information content (AvgIpc) is 3.48. The summed E-state index contributed by atoms with van der Waals surface area (Å²) in [6.07, 6.45) is 1.82. The fourth-order valence-electron chi connectivity index (χ4n) is 5.07. The van der Waals surface area contributed by atoms with Gasteiger partial charge in [-0.2, -0.15) is 0 Å². The van der Waals surface area contributed by atoms with Crippen molar-refractivity contribution in [3.8, 4) is 17.2 Å². The summed E-state index contributed by atoms with van der Waals surface area (Å²) in [6, 6.07) is 19.9. The highest BCUT2D eigenvalue weighted by molar-refractivity contribution is 5.97. The van der Waals surface area contributed by atoms with Gasteiger partial charge < -0.3 is 14.4 Å². The molecule has 1 saturated heterocycles. The number of hydrogen-bond donors (Lipinski definition) is 0. The van der Waals surface area contributed by atoms with Crippen molar-refractivity contribution >= 4 is 16.9 Å². The molecule has 6 heteroatoms. The van der Waals surface area contributed by atoms with Gasteiger partial charge in [0.05, 0.1) is 31.3 Å². The lowest BCUT2D eigenvalue weighted by Crippen LogP contribution is -2.33. The zero-order chi connectivity index (χ0) is 23.8. The van der Waals surface area contributed by atoms with Crippen LogP contribution in [0, 0.1) is 13.8 Å². The number of para-hydroxylation sites is 2. The number of likely N-dealkylation sites (tertiary alicyclic amines) is 1. The third kappa shape index (κ3) is 3.69. The Bertz CT molecular complexity index is 1330. The number of ether oxygens (including phenoxy) is 2. The second-order valence-electron chi connectivity index (χ2n) is 8.78. The maximum absolute atomic E-state index is 13.9. The fourth-order valence-corrected chi connectivity index (χ4v) is 5.07. The molecule has 6 nitrogen and oxygen atoms in total. The Morgan fingerprint density at radius 3 is 2.29 bits per heavy atom. The van der Waals surface area contributed by atoms with Crippen LogP contribution in [-0.4, -0.2) is 41.1 Å². The van der Waals surface area contributed by atoms with Crippen molar-refractivity contribution in [2.75, 3.05) is 20.8 Å². The summed E-state index contributed by atoms with van der Waals surface area (Å²) < 4.78 is 12.9. The number of imidazole rings is 1. The Hall–Kier alpha value is -3.80. The van der Waals surface area contributed by atoms with Crippen LogP contribution in [0.3, 0.4) is 0 Å². The van der Waals surface area contributed by atoms with Gasteiger partial charge in [-0.25, -0.2) is 4.98 Å². The van der Waals surface area contributed by atoms with Crippen molar-refractivity contribution in [3.63, 3.8) is 0 Å². The molecular formula is C28H29N3O3. The van der Waals surface area contributed by atoms with Crippen LogP contribution in [0.4, 0.5) is 0 Å². The van der Waals surface area contributed by atoms with E-state index in [4.69, 9.17) is 14.5 Å². The van der Waals surface area contributed by atoms with E-state index in [1.165, 1.54) is 0 Å². The normalized spacial score (nSPS) is 15.6. The molecule has 1 amide bonds. The predicted octanol–water partition coefficient (Wildman–Crippen LogP) is 5.64. The van der Waals surface area contributed by atoms with Gasteiger partial charge in [0.25, 0.3) is 5.91 Å². The first kappa shape index (κ1) is 22.0. The first-order valence-electron chi connectivity index (χ1n) is 11.6. The summed E-state index contributed by atoms with van der Waals surface area (Å²) >= 11 is 0. The van der Waals surface area contributed by atoms with Crippen LogP contribution >= 0.6 is 0 Å². The van der Waals surface area contributed by atoms with Gasteiger partial charge in [-0.3, -0.25) is 9.36 Å². The first-order chi connectivity index (χ1) is 16.5. The second-order valence-corrected chi connectivity index (χ2v) is 8.78. The van der Waals surface area contributed by atoms with E-state index in [1.54, 1.807) is 14.2 Å². The Morgan fingerprint density at radius 2 is 1.62 bits per heavy atom. The number of carbonyl (C=O) groups excluding carboxylic acids is 1. The van der Waals surface area contributed by atoms with E-state index < -0.39 is 0 Å². The van der Waals surface area contributed by atoms with Crippen LogP contribution in [0.25, 0.3) is 16.7 Å². The van der Waals surface area contributed by atoms with Gasteiger partial charge in [0.15, 0.2) is 0 Å². The fraction of sp³-hybridized carbons (Fsp3) is 0.286. The summed E-state index contributed by atoms with van der Waals surface area (Å²) in [5.74, 6) is 2.51. The zero-order valence-corrected chi connectivity index (χ0v) is 20.0. The van der Waals surface area contributed by atoms with Crippen LogP contribution < -0.4 is 9.47 Å². The SMILES string of the molecule is COc1ccc(-n2c(C3CCCN3C(=O)c3c(C)cc(OC)cc3C)nc3ccccc32)cc1. The molecule has 1 unspecified atom stereocenters. The predicted molar refractivity (Wildman–Crippen MR) is 133 cm³/mol. The lowest BCUT2D eigenvalue weighted by Gasteiger charge is -2.27. The van der Waals surface area contributed by atoms with Crippen molar-refractivity contribution in [1.82, 2.24) is 14.5 Å². The molecular weight excluding hydrogens is 426 g/mol. The molecule has 1 aliphatic rings. The number of fused-ring (bicyclic) bond motifs is 1. The Kier molecular flexibility index (Phi) is 5.74. The topological polar surface area (TPSA) is 56.6 Å². The summed E-state index contributed by atoms with van der Waals surface area (Å²) in [4.78, 5) is 20.9. The number of benzene rings is 3. The molecule has 0 bridgehead atoms. The quantitative estimate of drug-likeness (QED) is 0.391. The van der Waals surface area contributed by atoms with E-state index in [0.717, 1.165) is 63.6 Å². The summed E-state index contributed by atoms with van der Waals surface area (Å²) in [6.45, 7) is 4.65. The molecule has 2 heterocycles. The molecule has 5 rings (SSSR count). The molecule has 0 saturated carbocycles. The smallest absolute Gasteiger partial charge is 0.255 e. The molecule has 1 atom stereocenters. The molecule has 34 heavy (non-hydrogen) atoms. The number of methoxy groups -OCH3 is 2. The number of aromatic nitrogens is 2. The zero-order valence-electron chi connectivity index (χ0n) is 20.0. The summed E-state index contributed by atoms with van der Waals surface area (Å²) in [5.41, 5.74) is 5.55. The standard InChI is InChI=1S/C28H29N3O3/c1-18-16-22(34-4)17-19(2)26(18)28(32)30-15-7-10-25(30)27-29-23-8-5-6-9-24(23)31(27)20-11-13-21(33-3)14-12-20/h5-6,8-9,11-14,16-17,25H,7,10,15H2,1-4H3. The number of aryl methyl sites for hydroxylation is 2. The minimum Gasteiger partial charge on any atom is -0.497 e. The molecule has 0 aliphatic carbocycles. The van der Waals surface area contributed by atoms with Crippen LogP contribution in [-0.2, 0) is 0 Å². The lowest BCUT2D eigenvalue weighted by atomic mass is 10.0. The van der Waals surface area contributed by atoms with E-state index in [0.29, 0.717) is 6.54 Å². The molecule has 3 aromatic carbocycles. The molecule has 1 aliphatic heterocycles. The van der Waals surface area contributed by atoms with E-state index in [-0.39, 0.29) is 11.9 Å². The van der Waals surface area contributed by atoms with Crippen molar-refractivity contribution in [2.24, 2.45) is 0 Å². The number of nitrogens with zero attached hydrogens (tertiary/aromatic N) is 3. The van der Waals surface area contributed by atoms with E-state index >= 15 is 0 Å². The maximum Gasteiger partial charge on any atom is 0.255 e. The second kappa shape index (κ2) is 8.86. The van der Waals surface area contributed by atoms with Gasteiger partial charge in [-0.15, -0.1) is 0 Å². The van der Waals surface area contributed by atoms with Gasteiger partial charge in [0.1, 0.15) is 17.3 Å². The first-order valence-corrected chi connectivity index (χ1v) is 11.6. The highest BCUT2D eigenvalue weighted by atomic mass is 16.5. The van der Waals surface area contributed by atoms with Gasteiger partial charge in [-0.1, -0.05) is 12.1 Å². The average molecular weight is 456 g/mol.